The second kappa shape index (κ2) is 4.66. The number of carboxylic acid groups (broad SMARTS) is 1. The predicted octanol–water partition coefficient (Wildman–Crippen LogP) is -1.03. The number of rotatable bonds is 4. The largest absolute Gasteiger partial charge is 0.480 e. The van der Waals surface area contributed by atoms with Crippen molar-refractivity contribution in [1.82, 2.24) is 8.61 Å². The molecule has 2 unspecified atom stereocenters. The molecular formula is C8H16N2O5S. The van der Waals surface area contributed by atoms with Crippen molar-refractivity contribution < 1.29 is 23.1 Å². The minimum absolute atomic E-state index is 0.0774. The first kappa shape index (κ1) is 13.4. The van der Waals surface area contributed by atoms with Crippen molar-refractivity contribution in [3.05, 3.63) is 0 Å². The Kier molecular flexibility index (Phi) is 3.89. The van der Waals surface area contributed by atoms with E-state index in [0.29, 0.717) is 0 Å². The maximum Gasteiger partial charge on any atom is 0.322 e. The highest BCUT2D eigenvalue weighted by molar-refractivity contribution is 7.86. The fourth-order valence-corrected chi connectivity index (χ4v) is 2.90. The summed E-state index contributed by atoms with van der Waals surface area (Å²) in [6.45, 7) is 0.0774. The fourth-order valence-electron chi connectivity index (χ4n) is 1.63. The Morgan fingerprint density at radius 3 is 2.44 bits per heavy atom. The van der Waals surface area contributed by atoms with E-state index in [4.69, 9.17) is 9.84 Å². The molecule has 0 aromatic heterocycles. The molecule has 7 nitrogen and oxygen atoms in total. The Balaban J connectivity index is 2.98. The Hall–Kier alpha value is -0.700. The van der Waals surface area contributed by atoms with Crippen molar-refractivity contribution in [2.24, 2.45) is 0 Å². The lowest BCUT2D eigenvalue weighted by molar-refractivity contribution is -0.140. The van der Waals surface area contributed by atoms with Gasteiger partial charge in [0.1, 0.15) is 6.04 Å². The van der Waals surface area contributed by atoms with Crippen LogP contribution < -0.4 is 0 Å². The second-order valence-corrected chi connectivity index (χ2v) is 5.90. The zero-order valence-corrected chi connectivity index (χ0v) is 10.3. The summed E-state index contributed by atoms with van der Waals surface area (Å²) in [6, 6.07) is -1.04. The summed E-state index contributed by atoms with van der Waals surface area (Å²) in [5.74, 6) is -1.15. The number of hydrogen-bond donors (Lipinski definition) is 1. The summed E-state index contributed by atoms with van der Waals surface area (Å²) in [5.41, 5.74) is 0. The van der Waals surface area contributed by atoms with Gasteiger partial charge in [-0.25, -0.2) is 0 Å². The van der Waals surface area contributed by atoms with Crippen LogP contribution in [0.3, 0.4) is 0 Å². The topological polar surface area (TPSA) is 87.1 Å². The minimum atomic E-state index is -3.71. The number of nitrogens with zero attached hydrogens (tertiary/aromatic N) is 2. The van der Waals surface area contributed by atoms with Crippen LogP contribution in [0.25, 0.3) is 0 Å². The molecule has 1 saturated heterocycles. The Bertz CT molecular complexity index is 367. The molecule has 0 saturated carbocycles. The third-order valence-electron chi connectivity index (χ3n) is 2.59. The molecule has 1 heterocycles. The van der Waals surface area contributed by atoms with Crippen molar-refractivity contribution in [1.29, 1.82) is 0 Å². The molecule has 0 aromatic rings. The Morgan fingerprint density at radius 2 is 2.06 bits per heavy atom. The average Bonchev–Trinajstić information content (AvgIpc) is 2.61. The Labute approximate surface area is 94.8 Å². The molecule has 94 valence electrons. The van der Waals surface area contributed by atoms with Crippen molar-refractivity contribution in [3.8, 4) is 0 Å². The predicted molar refractivity (Wildman–Crippen MR) is 56.2 cm³/mol. The molecular weight excluding hydrogens is 236 g/mol. The maximum absolute atomic E-state index is 11.8. The van der Waals surface area contributed by atoms with E-state index in [1.807, 2.05) is 0 Å². The van der Waals surface area contributed by atoms with Gasteiger partial charge in [0, 0.05) is 34.2 Å². The zero-order chi connectivity index (χ0) is 12.5. The zero-order valence-electron chi connectivity index (χ0n) is 9.45. The molecule has 0 aliphatic carbocycles. The van der Waals surface area contributed by atoms with Crippen LogP contribution >= 0.6 is 0 Å². The summed E-state index contributed by atoms with van der Waals surface area (Å²) >= 11 is 0. The first-order chi connectivity index (χ1) is 7.30. The van der Waals surface area contributed by atoms with E-state index in [1.165, 1.54) is 21.2 Å². The summed E-state index contributed by atoms with van der Waals surface area (Å²) < 4.78 is 30.7. The van der Waals surface area contributed by atoms with E-state index in [0.717, 1.165) is 8.61 Å². The standard InChI is InChI=1S/C8H16N2O5S/c1-9(2)16(13,14)10-5-6(15-3)4-7(10)8(11)12/h6-7H,4-5H2,1-3H3,(H,11,12). The first-order valence-electron chi connectivity index (χ1n) is 4.75. The number of carbonyl (C=O) groups is 1. The van der Waals surface area contributed by atoms with Crippen molar-refractivity contribution in [2.45, 2.75) is 18.6 Å². The minimum Gasteiger partial charge on any atom is -0.480 e. The van der Waals surface area contributed by atoms with Crippen molar-refractivity contribution in [3.63, 3.8) is 0 Å². The summed E-state index contributed by atoms with van der Waals surface area (Å²) in [6.07, 6.45) is -0.186. The molecule has 0 bridgehead atoms. The van der Waals surface area contributed by atoms with Crippen LogP contribution in [0, 0.1) is 0 Å². The molecule has 0 aromatic carbocycles. The number of hydrogen-bond acceptors (Lipinski definition) is 4. The van der Waals surface area contributed by atoms with E-state index >= 15 is 0 Å². The lowest BCUT2D eigenvalue weighted by Crippen LogP contribution is -2.46. The number of methoxy groups -OCH3 is 1. The SMILES string of the molecule is COC1CC(C(=O)O)N(S(=O)(=O)N(C)C)C1. The molecule has 8 heteroatoms. The van der Waals surface area contributed by atoms with Crippen LogP contribution in [0.1, 0.15) is 6.42 Å². The molecule has 1 N–H and O–H groups in total. The van der Waals surface area contributed by atoms with Gasteiger partial charge in [0.05, 0.1) is 6.10 Å². The van der Waals surface area contributed by atoms with Crippen LogP contribution in [-0.4, -0.2) is 68.0 Å². The summed E-state index contributed by atoms with van der Waals surface area (Å²) in [7, 11) is 0.471. The molecule has 1 aliphatic rings. The molecule has 16 heavy (non-hydrogen) atoms. The Morgan fingerprint density at radius 1 is 1.50 bits per heavy atom. The molecule has 0 spiro atoms. The van der Waals surface area contributed by atoms with Crippen LogP contribution in [0.5, 0.6) is 0 Å². The molecule has 1 aliphatic heterocycles. The highest BCUT2D eigenvalue weighted by Gasteiger charge is 2.44. The highest BCUT2D eigenvalue weighted by atomic mass is 32.2. The molecule has 2 atom stereocenters. The van der Waals surface area contributed by atoms with E-state index in [-0.39, 0.29) is 19.1 Å². The van der Waals surface area contributed by atoms with E-state index in [2.05, 4.69) is 0 Å². The molecule has 1 rings (SSSR count). The van der Waals surface area contributed by atoms with Crippen molar-refractivity contribution in [2.75, 3.05) is 27.7 Å². The quantitative estimate of drug-likeness (QED) is 0.691. The van der Waals surface area contributed by atoms with Crippen LogP contribution in [-0.2, 0) is 19.7 Å². The third kappa shape index (κ3) is 2.34. The lowest BCUT2D eigenvalue weighted by atomic mass is 10.2. The average molecular weight is 252 g/mol. The smallest absolute Gasteiger partial charge is 0.322 e. The van der Waals surface area contributed by atoms with Crippen LogP contribution in [0.15, 0.2) is 0 Å². The van der Waals surface area contributed by atoms with Gasteiger partial charge >= 0.3 is 5.97 Å². The monoisotopic (exact) mass is 252 g/mol. The third-order valence-corrected chi connectivity index (χ3v) is 4.51. The normalized spacial score (nSPS) is 27.5. The maximum atomic E-state index is 11.8. The van der Waals surface area contributed by atoms with Gasteiger partial charge in [0.15, 0.2) is 0 Å². The highest BCUT2D eigenvalue weighted by Crippen LogP contribution is 2.24. The lowest BCUT2D eigenvalue weighted by Gasteiger charge is -2.24. The first-order valence-corrected chi connectivity index (χ1v) is 6.15. The van der Waals surface area contributed by atoms with Gasteiger partial charge < -0.3 is 9.84 Å². The summed E-state index contributed by atoms with van der Waals surface area (Å²) in [5, 5.41) is 8.96. The number of carboxylic acids is 1. The van der Waals surface area contributed by atoms with Gasteiger partial charge in [-0.15, -0.1) is 0 Å². The molecule has 0 radical (unpaired) electrons. The van der Waals surface area contributed by atoms with Gasteiger partial charge in [-0.1, -0.05) is 0 Å². The van der Waals surface area contributed by atoms with Gasteiger partial charge in [-0.2, -0.15) is 17.0 Å². The van der Waals surface area contributed by atoms with Crippen LogP contribution in [0.2, 0.25) is 0 Å². The van der Waals surface area contributed by atoms with Gasteiger partial charge in [-0.05, 0) is 0 Å². The molecule has 1 fully saturated rings. The van der Waals surface area contributed by atoms with Gasteiger partial charge in [-0.3, -0.25) is 4.79 Å². The fraction of sp³-hybridized carbons (Fsp3) is 0.875. The van der Waals surface area contributed by atoms with Gasteiger partial charge in [0.25, 0.3) is 10.2 Å². The number of aliphatic carboxylic acids is 1. The van der Waals surface area contributed by atoms with E-state index in [1.54, 1.807) is 0 Å². The number of ether oxygens (including phenoxy) is 1. The second-order valence-electron chi connectivity index (χ2n) is 3.81. The molecule has 0 amide bonds. The van der Waals surface area contributed by atoms with Crippen LogP contribution in [0.4, 0.5) is 0 Å². The van der Waals surface area contributed by atoms with Gasteiger partial charge in [0.2, 0.25) is 0 Å². The van der Waals surface area contributed by atoms with E-state index < -0.39 is 22.2 Å². The summed E-state index contributed by atoms with van der Waals surface area (Å²) in [4.78, 5) is 11.0. The van der Waals surface area contributed by atoms with Crippen molar-refractivity contribution >= 4 is 16.2 Å². The van der Waals surface area contributed by atoms with E-state index in [9.17, 15) is 13.2 Å².